The molecule has 138 valence electrons. The Balaban J connectivity index is 1.86. The normalized spacial score (nSPS) is 18.7. The molecule has 1 fully saturated rings. The summed E-state index contributed by atoms with van der Waals surface area (Å²) < 4.78 is 23.3. The van der Waals surface area contributed by atoms with Gasteiger partial charge in [-0.25, -0.2) is 13.4 Å². The number of likely N-dealkylation sites (tertiary alicyclic amines) is 1. The minimum Gasteiger partial charge on any atom is -0.480 e. The quantitative estimate of drug-likeness (QED) is 0.711. The van der Waals surface area contributed by atoms with Crippen LogP contribution in [0.1, 0.15) is 12.8 Å². The van der Waals surface area contributed by atoms with E-state index < -0.39 is 21.6 Å². The molecule has 1 atom stereocenters. The van der Waals surface area contributed by atoms with Gasteiger partial charge in [0.1, 0.15) is 11.6 Å². The number of anilines is 1. The number of hydrogen-bond acceptors (Lipinski definition) is 6. The van der Waals surface area contributed by atoms with E-state index in [9.17, 15) is 18.0 Å². The number of carbonyl (C=O) groups excluding carboxylic acids is 1. The van der Waals surface area contributed by atoms with Crippen LogP contribution in [0.15, 0.2) is 18.3 Å². The molecule has 0 radical (unpaired) electrons. The van der Waals surface area contributed by atoms with Crippen LogP contribution in [0.25, 0.3) is 0 Å². The minimum absolute atomic E-state index is 0.173. The molecule has 1 aromatic heterocycles. The summed E-state index contributed by atoms with van der Waals surface area (Å²) in [6.07, 6.45) is 2.92. The smallest absolute Gasteiger partial charge is 0.318 e. The summed E-state index contributed by atoms with van der Waals surface area (Å²) in [6, 6.07) is 3.24. The van der Waals surface area contributed by atoms with Crippen molar-refractivity contribution in [1.82, 2.24) is 9.88 Å². The van der Waals surface area contributed by atoms with Crippen molar-refractivity contribution in [3.8, 4) is 0 Å². The van der Waals surface area contributed by atoms with Crippen molar-refractivity contribution in [2.75, 3.05) is 36.5 Å². The van der Waals surface area contributed by atoms with E-state index in [4.69, 9.17) is 16.7 Å². The number of aliphatic carboxylic acids is 1. The summed E-state index contributed by atoms with van der Waals surface area (Å²) in [7, 11) is -3.63. The van der Waals surface area contributed by atoms with Crippen LogP contribution in [-0.4, -0.2) is 66.4 Å². The van der Waals surface area contributed by atoms with Gasteiger partial charge in [0.15, 0.2) is 9.84 Å². The van der Waals surface area contributed by atoms with Crippen LogP contribution in [0.4, 0.5) is 5.82 Å². The van der Waals surface area contributed by atoms with Crippen molar-refractivity contribution in [1.29, 1.82) is 0 Å². The van der Waals surface area contributed by atoms with E-state index in [-0.39, 0.29) is 24.1 Å². The number of aromatic nitrogens is 1. The lowest BCUT2D eigenvalue weighted by atomic mass is 9.97. The average molecular weight is 390 g/mol. The molecule has 0 saturated carbocycles. The molecule has 25 heavy (non-hydrogen) atoms. The number of hydrogen-bond donors (Lipinski definition) is 2. The summed E-state index contributed by atoms with van der Waals surface area (Å²) >= 11 is 5.75. The van der Waals surface area contributed by atoms with Crippen molar-refractivity contribution in [2.24, 2.45) is 5.92 Å². The molecule has 1 aromatic rings. The van der Waals surface area contributed by atoms with Gasteiger partial charge in [-0.3, -0.25) is 9.59 Å². The highest BCUT2D eigenvalue weighted by molar-refractivity contribution is 7.92. The monoisotopic (exact) mass is 389 g/mol. The number of piperidine rings is 1. The second-order valence-corrected chi connectivity index (χ2v) is 8.60. The highest BCUT2D eigenvalue weighted by atomic mass is 35.5. The molecule has 2 heterocycles. The van der Waals surface area contributed by atoms with Crippen LogP contribution in [0, 0.1) is 5.92 Å². The molecule has 1 aliphatic rings. The van der Waals surface area contributed by atoms with Crippen molar-refractivity contribution >= 4 is 39.1 Å². The van der Waals surface area contributed by atoms with Gasteiger partial charge in [-0.1, -0.05) is 11.6 Å². The molecule has 10 heteroatoms. The summed E-state index contributed by atoms with van der Waals surface area (Å²) in [5, 5.41) is 11.8. The minimum atomic E-state index is -3.63. The second kappa shape index (κ2) is 8.59. The number of amides is 1. The van der Waals surface area contributed by atoms with Crippen LogP contribution in [-0.2, 0) is 19.4 Å². The van der Waals surface area contributed by atoms with Crippen molar-refractivity contribution < 1.29 is 23.1 Å². The molecule has 1 amide bonds. The zero-order valence-corrected chi connectivity index (χ0v) is 15.1. The van der Waals surface area contributed by atoms with Crippen LogP contribution in [0.3, 0.4) is 0 Å². The molecule has 1 unspecified atom stereocenters. The third-order valence-corrected chi connectivity index (χ3v) is 5.63. The lowest BCUT2D eigenvalue weighted by Gasteiger charge is -2.31. The zero-order chi connectivity index (χ0) is 18.4. The number of rotatable bonds is 7. The van der Waals surface area contributed by atoms with Gasteiger partial charge < -0.3 is 15.3 Å². The predicted octanol–water partition coefficient (Wildman–Crippen LogP) is 0.885. The van der Waals surface area contributed by atoms with Gasteiger partial charge in [-0.2, -0.15) is 0 Å². The van der Waals surface area contributed by atoms with E-state index in [0.717, 1.165) is 6.42 Å². The highest BCUT2D eigenvalue weighted by Gasteiger charge is 2.27. The summed E-state index contributed by atoms with van der Waals surface area (Å²) in [5.41, 5.74) is 0. The Kier molecular flexibility index (Phi) is 6.74. The Bertz CT molecular complexity index is 723. The third kappa shape index (κ3) is 6.60. The first-order chi connectivity index (χ1) is 11.7. The Morgan fingerprint density at radius 2 is 2.16 bits per heavy atom. The van der Waals surface area contributed by atoms with E-state index in [0.29, 0.717) is 30.4 Å². The molecule has 0 aromatic carbocycles. The molecule has 0 spiro atoms. The zero-order valence-electron chi connectivity index (χ0n) is 13.5. The third-order valence-electron chi connectivity index (χ3n) is 3.92. The molecule has 1 aliphatic heterocycles. The maximum atomic E-state index is 12.3. The van der Waals surface area contributed by atoms with E-state index in [1.165, 1.54) is 6.20 Å². The number of nitrogens with zero attached hydrogens (tertiary/aromatic N) is 2. The Morgan fingerprint density at radius 3 is 2.80 bits per heavy atom. The molecule has 8 nitrogen and oxygen atoms in total. The number of pyridine rings is 1. The molecule has 2 rings (SSSR count). The van der Waals surface area contributed by atoms with Gasteiger partial charge in [0.25, 0.3) is 0 Å². The maximum Gasteiger partial charge on any atom is 0.318 e. The van der Waals surface area contributed by atoms with Gasteiger partial charge in [-0.05, 0) is 31.5 Å². The summed E-state index contributed by atoms with van der Waals surface area (Å²) in [5.74, 6) is -2.48. The first-order valence-corrected chi connectivity index (χ1v) is 10.0. The largest absolute Gasteiger partial charge is 0.480 e. The average Bonchev–Trinajstić information content (AvgIpc) is 2.54. The van der Waals surface area contributed by atoms with Crippen molar-refractivity contribution in [2.45, 2.75) is 12.8 Å². The van der Waals surface area contributed by atoms with Gasteiger partial charge in [-0.15, -0.1) is 0 Å². The molecule has 1 saturated heterocycles. The summed E-state index contributed by atoms with van der Waals surface area (Å²) in [4.78, 5) is 28.8. The lowest BCUT2D eigenvalue weighted by molar-refractivity contribution is -0.134. The van der Waals surface area contributed by atoms with Crippen LogP contribution in [0.5, 0.6) is 0 Å². The Hall–Kier alpha value is -1.71. The molecular weight excluding hydrogens is 370 g/mol. The summed E-state index contributed by atoms with van der Waals surface area (Å²) in [6.45, 7) is 1.34. The number of nitrogens with one attached hydrogen (secondary N) is 1. The highest BCUT2D eigenvalue weighted by Crippen LogP contribution is 2.19. The van der Waals surface area contributed by atoms with Gasteiger partial charge in [0.05, 0.1) is 16.7 Å². The van der Waals surface area contributed by atoms with E-state index in [1.807, 2.05) is 4.90 Å². The van der Waals surface area contributed by atoms with Crippen molar-refractivity contribution in [3.63, 3.8) is 0 Å². The van der Waals surface area contributed by atoms with Gasteiger partial charge >= 0.3 is 5.97 Å². The first-order valence-electron chi connectivity index (χ1n) is 7.82. The van der Waals surface area contributed by atoms with Gasteiger partial charge in [0.2, 0.25) is 5.91 Å². The fourth-order valence-electron chi connectivity index (χ4n) is 2.68. The number of halogens is 1. The van der Waals surface area contributed by atoms with Crippen LogP contribution >= 0.6 is 11.6 Å². The first kappa shape index (κ1) is 19.6. The standard InChI is InChI=1S/C15H20ClN3O5S/c16-12-3-4-13(17-8-12)18-15(22)11-2-1-5-19(9-11)6-7-25(23,24)10-14(20)21/h3-4,8,11H,1-2,5-7,9-10H2,(H,20,21)(H,17,18,22). The predicted molar refractivity (Wildman–Crippen MR) is 93.3 cm³/mol. The molecule has 0 bridgehead atoms. The molecule has 0 aliphatic carbocycles. The van der Waals surface area contributed by atoms with Gasteiger partial charge in [0, 0.05) is 19.3 Å². The Labute approximate surface area is 151 Å². The van der Waals surface area contributed by atoms with Crippen molar-refractivity contribution in [3.05, 3.63) is 23.4 Å². The van der Waals surface area contributed by atoms with E-state index in [2.05, 4.69) is 10.3 Å². The second-order valence-electron chi connectivity index (χ2n) is 5.98. The number of sulfone groups is 1. The van der Waals surface area contributed by atoms with Crippen LogP contribution < -0.4 is 5.32 Å². The molecule has 2 N–H and O–H groups in total. The van der Waals surface area contributed by atoms with E-state index >= 15 is 0 Å². The number of carboxylic acid groups (broad SMARTS) is 1. The fraction of sp³-hybridized carbons (Fsp3) is 0.533. The van der Waals surface area contributed by atoms with E-state index in [1.54, 1.807) is 12.1 Å². The maximum absolute atomic E-state index is 12.3. The number of carbonyl (C=O) groups is 2. The molecular formula is C15H20ClN3O5S. The fourth-order valence-corrected chi connectivity index (χ4v) is 3.85. The number of carboxylic acids is 1. The lowest BCUT2D eigenvalue weighted by Crippen LogP contribution is -2.42. The Morgan fingerprint density at radius 1 is 1.40 bits per heavy atom. The topological polar surface area (TPSA) is 117 Å². The van der Waals surface area contributed by atoms with Crippen LogP contribution in [0.2, 0.25) is 5.02 Å². The SMILES string of the molecule is O=C(O)CS(=O)(=O)CCN1CCCC(C(=O)Nc2ccc(Cl)cn2)C1.